The summed E-state index contributed by atoms with van der Waals surface area (Å²) in [6.07, 6.45) is -2.36. The van der Waals surface area contributed by atoms with Crippen molar-refractivity contribution in [3.05, 3.63) is 35.6 Å². The Balaban J connectivity index is 1.45. The highest BCUT2D eigenvalue weighted by Gasteiger charge is 2.48. The van der Waals surface area contributed by atoms with E-state index in [4.69, 9.17) is 4.74 Å². The molecular weight excluding hydrogens is 581 g/mol. The Kier molecular flexibility index (Phi) is 7.69. The summed E-state index contributed by atoms with van der Waals surface area (Å²) < 4.78 is 106. The first-order chi connectivity index (χ1) is 19.6. The molecule has 0 aromatic carbocycles. The zero-order valence-corrected chi connectivity index (χ0v) is 22.3. The minimum atomic E-state index is -4.64. The van der Waals surface area contributed by atoms with Crippen molar-refractivity contribution >= 4 is 17.6 Å². The van der Waals surface area contributed by atoms with E-state index in [1.54, 1.807) is 0 Å². The van der Waals surface area contributed by atoms with Crippen molar-refractivity contribution in [2.24, 2.45) is 5.92 Å². The minimum Gasteiger partial charge on any atom is -0.382 e. The molecule has 11 nitrogen and oxygen atoms in total. The number of alkyl halides is 7. The van der Waals surface area contributed by atoms with Crippen LogP contribution in [0.15, 0.2) is 23.0 Å². The molecular formula is C24H27F7N8O3. The number of amides is 2. The van der Waals surface area contributed by atoms with Crippen LogP contribution in [0, 0.1) is 5.92 Å². The third kappa shape index (κ3) is 6.22. The number of aromatic nitrogens is 5. The fourth-order valence-corrected chi connectivity index (χ4v) is 5.21. The summed E-state index contributed by atoms with van der Waals surface area (Å²) in [5.41, 5.74) is 0.885. The quantitative estimate of drug-likeness (QED) is 0.331. The Morgan fingerprint density at radius 3 is 2.52 bits per heavy atom. The number of nitrogens with zero attached hydrogens (tertiary/aromatic N) is 6. The molecule has 2 fully saturated rings. The number of hydrogen-bond donors (Lipinski definition) is 2. The summed E-state index contributed by atoms with van der Waals surface area (Å²) in [7, 11) is 1.34. The molecule has 1 aliphatic heterocycles. The normalized spacial score (nSPS) is 21.5. The predicted octanol–water partition coefficient (Wildman–Crippen LogP) is 4.85. The molecule has 42 heavy (non-hydrogen) atoms. The number of anilines is 1. The van der Waals surface area contributed by atoms with Gasteiger partial charge in [0.2, 0.25) is 5.92 Å². The van der Waals surface area contributed by atoms with Crippen molar-refractivity contribution < 1.29 is 44.8 Å². The monoisotopic (exact) mass is 608 g/mol. The summed E-state index contributed by atoms with van der Waals surface area (Å²) in [5, 5.41) is 12.6. The number of halogens is 7. The van der Waals surface area contributed by atoms with Crippen LogP contribution in [-0.4, -0.2) is 74.1 Å². The van der Waals surface area contributed by atoms with Crippen LogP contribution in [-0.2, 0) is 10.7 Å². The van der Waals surface area contributed by atoms with Crippen molar-refractivity contribution in [2.75, 3.05) is 25.6 Å². The molecule has 2 N–H and O–H groups in total. The van der Waals surface area contributed by atoms with Gasteiger partial charge in [-0.15, -0.1) is 0 Å². The van der Waals surface area contributed by atoms with Crippen LogP contribution in [0.5, 0.6) is 0 Å². The topological polar surface area (TPSA) is 123 Å². The van der Waals surface area contributed by atoms with Crippen LogP contribution in [0.1, 0.15) is 61.8 Å². The first kappa shape index (κ1) is 29.8. The smallest absolute Gasteiger partial charge is 0.382 e. The molecule has 1 saturated heterocycles. The first-order valence-electron chi connectivity index (χ1n) is 13.0. The SMILES string of the molecule is COC[C@H](c1cnn2cc([C@@H](Nc3noc(C(C)(F)F)n3)C3CCC(F)(F)CC3)nc2c1)N1C[C@@H](C(F)(F)F)NC1=O. The van der Waals surface area contributed by atoms with Gasteiger partial charge in [-0.2, -0.15) is 32.0 Å². The number of hydrogen-bond acceptors (Lipinski definition) is 8. The number of imidazole rings is 1. The highest BCUT2D eigenvalue weighted by molar-refractivity contribution is 5.77. The third-order valence-electron chi connectivity index (χ3n) is 7.42. The molecule has 1 aliphatic carbocycles. The highest BCUT2D eigenvalue weighted by atomic mass is 19.4. The summed E-state index contributed by atoms with van der Waals surface area (Å²) in [6.45, 7) is -0.183. The molecule has 5 rings (SSSR count). The maximum absolute atomic E-state index is 13.9. The van der Waals surface area contributed by atoms with Crippen molar-refractivity contribution in [1.29, 1.82) is 0 Å². The van der Waals surface area contributed by atoms with E-state index >= 15 is 0 Å². The first-order valence-corrected chi connectivity index (χ1v) is 13.0. The van der Waals surface area contributed by atoms with Crippen molar-refractivity contribution in [2.45, 2.75) is 68.8 Å². The van der Waals surface area contributed by atoms with E-state index in [9.17, 15) is 35.5 Å². The lowest BCUT2D eigenvalue weighted by atomic mass is 9.81. The van der Waals surface area contributed by atoms with Gasteiger partial charge < -0.3 is 24.8 Å². The Labute approximate surface area is 233 Å². The van der Waals surface area contributed by atoms with Crippen LogP contribution < -0.4 is 10.6 Å². The van der Waals surface area contributed by atoms with Crippen LogP contribution in [0.25, 0.3) is 5.65 Å². The number of fused-ring (bicyclic) bond motifs is 1. The number of nitrogens with one attached hydrogen (secondary N) is 2. The van der Waals surface area contributed by atoms with E-state index in [0.29, 0.717) is 18.2 Å². The number of carbonyl (C=O) groups is 1. The maximum atomic E-state index is 13.9. The van der Waals surface area contributed by atoms with Gasteiger partial charge in [0.25, 0.3) is 11.8 Å². The molecule has 2 amide bonds. The summed E-state index contributed by atoms with van der Waals surface area (Å²) in [4.78, 5) is 21.7. The van der Waals surface area contributed by atoms with Gasteiger partial charge in [-0.05, 0) is 30.0 Å². The zero-order chi connectivity index (χ0) is 30.4. The second kappa shape index (κ2) is 10.9. The van der Waals surface area contributed by atoms with Gasteiger partial charge in [-0.3, -0.25) is 0 Å². The number of rotatable bonds is 9. The second-order valence-corrected chi connectivity index (χ2v) is 10.6. The third-order valence-corrected chi connectivity index (χ3v) is 7.42. The predicted molar refractivity (Wildman–Crippen MR) is 130 cm³/mol. The van der Waals surface area contributed by atoms with Crippen molar-refractivity contribution in [3.63, 3.8) is 0 Å². The summed E-state index contributed by atoms with van der Waals surface area (Å²) in [5.74, 6) is -7.85. The van der Waals surface area contributed by atoms with Crippen molar-refractivity contribution in [3.8, 4) is 0 Å². The highest BCUT2D eigenvalue weighted by Crippen LogP contribution is 2.42. The fourth-order valence-electron chi connectivity index (χ4n) is 5.21. The van der Waals surface area contributed by atoms with E-state index in [0.717, 1.165) is 4.90 Å². The molecule has 1 saturated carbocycles. The van der Waals surface area contributed by atoms with Gasteiger partial charge in [-0.1, -0.05) is 0 Å². The lowest BCUT2D eigenvalue weighted by Gasteiger charge is -2.33. The summed E-state index contributed by atoms with van der Waals surface area (Å²) in [6, 6.07) is -3.17. The van der Waals surface area contributed by atoms with Gasteiger partial charge >= 0.3 is 18.1 Å². The van der Waals surface area contributed by atoms with Crippen LogP contribution in [0.4, 0.5) is 41.5 Å². The zero-order valence-electron chi connectivity index (χ0n) is 22.3. The van der Waals surface area contributed by atoms with E-state index in [2.05, 4.69) is 30.1 Å². The second-order valence-electron chi connectivity index (χ2n) is 10.6. The number of urea groups is 1. The molecule has 18 heteroatoms. The number of ether oxygens (including phenoxy) is 1. The Hall–Kier alpha value is -3.70. The largest absolute Gasteiger partial charge is 0.410 e. The molecule has 2 aliphatic rings. The Morgan fingerprint density at radius 1 is 1.21 bits per heavy atom. The maximum Gasteiger partial charge on any atom is 0.410 e. The molecule has 3 aromatic heterocycles. The molecule has 0 radical (unpaired) electrons. The number of carbonyl (C=O) groups excluding carboxylic acids is 1. The van der Waals surface area contributed by atoms with Gasteiger partial charge in [0.1, 0.15) is 6.04 Å². The molecule has 230 valence electrons. The average Bonchev–Trinajstić information content (AvgIpc) is 3.63. The van der Waals surface area contributed by atoms with E-state index in [-0.39, 0.29) is 43.9 Å². The van der Waals surface area contributed by atoms with Gasteiger partial charge in [0.05, 0.1) is 43.3 Å². The Bertz CT molecular complexity index is 1410. The fraction of sp³-hybridized carbons (Fsp3) is 0.625. The number of methoxy groups -OCH3 is 1. The molecule has 3 aromatic rings. The van der Waals surface area contributed by atoms with Crippen LogP contribution >= 0.6 is 0 Å². The van der Waals surface area contributed by atoms with E-state index in [1.807, 2.05) is 5.32 Å². The average molecular weight is 609 g/mol. The molecule has 4 heterocycles. The van der Waals surface area contributed by atoms with Crippen LogP contribution in [0.2, 0.25) is 0 Å². The minimum absolute atomic E-state index is 0.0895. The lowest BCUT2D eigenvalue weighted by Crippen LogP contribution is -2.40. The standard InChI is InChI=1S/C24H27F7N8O3/c1-22(25,26)19-36-20(37-42-19)35-18(12-3-5-23(27,28)6-4-12)14-9-39-17(33-14)7-13(8-32-39)15(11-41-2)38-10-16(24(29,30)31)34-21(38)40/h7-9,12,15-16,18H,3-6,10-11H2,1-2H3,(H,34,40)(H,35,37)/t15-,16+,18+/m1/s1. The molecule has 0 bridgehead atoms. The van der Waals surface area contributed by atoms with Gasteiger partial charge in [0.15, 0.2) is 5.65 Å². The molecule has 0 spiro atoms. The summed E-state index contributed by atoms with van der Waals surface area (Å²) >= 11 is 0. The van der Waals surface area contributed by atoms with Gasteiger partial charge in [0, 0.05) is 32.4 Å². The Morgan fingerprint density at radius 2 is 1.93 bits per heavy atom. The van der Waals surface area contributed by atoms with E-state index < -0.39 is 60.5 Å². The van der Waals surface area contributed by atoms with Crippen LogP contribution in [0.3, 0.4) is 0 Å². The van der Waals surface area contributed by atoms with E-state index in [1.165, 1.54) is 30.1 Å². The lowest BCUT2D eigenvalue weighted by molar-refractivity contribution is -0.150. The molecule has 3 atom stereocenters. The van der Waals surface area contributed by atoms with Gasteiger partial charge in [-0.25, -0.2) is 23.1 Å². The van der Waals surface area contributed by atoms with Crippen molar-refractivity contribution in [1.82, 2.24) is 35.0 Å². The molecule has 0 unspecified atom stereocenters.